The summed E-state index contributed by atoms with van der Waals surface area (Å²) in [5.41, 5.74) is 0.0364. The molecule has 1 atom stereocenters. The fourth-order valence-corrected chi connectivity index (χ4v) is 1.88. The average Bonchev–Trinajstić information content (AvgIpc) is 2.45. The summed E-state index contributed by atoms with van der Waals surface area (Å²) in [7, 11) is 0. The third-order valence-corrected chi connectivity index (χ3v) is 2.93. The third kappa shape index (κ3) is 17.8. The van der Waals surface area contributed by atoms with Crippen molar-refractivity contribution in [3.05, 3.63) is 0 Å². The van der Waals surface area contributed by atoms with Crippen LogP contribution in [-0.2, 0) is 23.7 Å². The van der Waals surface area contributed by atoms with Crippen molar-refractivity contribution in [1.82, 2.24) is 0 Å². The van der Waals surface area contributed by atoms with Crippen LogP contribution in [0.15, 0.2) is 0 Å². The smallest absolute Gasteiger partial charge is 0.135 e. The normalized spacial score (nSPS) is 13.5. The van der Waals surface area contributed by atoms with Crippen LogP contribution >= 0.6 is 0 Å². The van der Waals surface area contributed by atoms with Gasteiger partial charge in [0.05, 0.1) is 52.4 Å². The van der Waals surface area contributed by atoms with E-state index >= 15 is 0 Å². The average molecular weight is 348 g/mol. The molecule has 0 rings (SSSR count). The largest absolute Gasteiger partial charge is 0.388 e. The standard InChI is InChI=1S/C18H36O6/c1-15(2)24-14-17(20)13-23-11-10-22-9-8-21-7-6-16(19)12-18(3,4)5/h15,17,20H,6-14H2,1-5H3. The highest BCUT2D eigenvalue weighted by Crippen LogP contribution is 2.19. The molecule has 0 aliphatic rings. The van der Waals surface area contributed by atoms with Crippen molar-refractivity contribution in [2.45, 2.75) is 59.7 Å². The molecule has 0 fully saturated rings. The van der Waals surface area contributed by atoms with Crippen LogP contribution in [0, 0.1) is 5.41 Å². The Balaban J connectivity index is 3.30. The van der Waals surface area contributed by atoms with E-state index in [1.54, 1.807) is 0 Å². The van der Waals surface area contributed by atoms with E-state index in [1.807, 2.05) is 13.8 Å². The molecular weight excluding hydrogens is 312 g/mol. The van der Waals surface area contributed by atoms with Crippen LogP contribution in [0.3, 0.4) is 0 Å². The Kier molecular flexibility index (Phi) is 13.4. The molecule has 0 amide bonds. The summed E-state index contributed by atoms with van der Waals surface area (Å²) in [6.07, 6.45) is 0.530. The molecule has 144 valence electrons. The highest BCUT2D eigenvalue weighted by Gasteiger charge is 2.15. The van der Waals surface area contributed by atoms with Gasteiger partial charge in [-0.25, -0.2) is 0 Å². The van der Waals surface area contributed by atoms with Crippen LogP contribution in [0.25, 0.3) is 0 Å². The van der Waals surface area contributed by atoms with Gasteiger partial charge in [-0.2, -0.15) is 0 Å². The van der Waals surface area contributed by atoms with E-state index < -0.39 is 6.10 Å². The van der Waals surface area contributed by atoms with Gasteiger partial charge in [0.2, 0.25) is 0 Å². The number of aliphatic hydroxyl groups excluding tert-OH is 1. The van der Waals surface area contributed by atoms with E-state index in [0.29, 0.717) is 45.9 Å². The summed E-state index contributed by atoms with van der Waals surface area (Å²) in [6.45, 7) is 12.8. The van der Waals surface area contributed by atoms with Crippen LogP contribution in [-0.4, -0.2) is 69.3 Å². The number of hydrogen-bond acceptors (Lipinski definition) is 6. The molecule has 1 unspecified atom stereocenters. The summed E-state index contributed by atoms with van der Waals surface area (Å²) in [5, 5.41) is 9.57. The number of ketones is 1. The summed E-state index contributed by atoms with van der Waals surface area (Å²) in [4.78, 5) is 11.6. The fraction of sp³-hybridized carbons (Fsp3) is 0.944. The minimum Gasteiger partial charge on any atom is -0.388 e. The lowest BCUT2D eigenvalue weighted by molar-refractivity contribution is -0.122. The second kappa shape index (κ2) is 13.7. The van der Waals surface area contributed by atoms with E-state index in [4.69, 9.17) is 18.9 Å². The summed E-state index contributed by atoms with van der Waals surface area (Å²) in [6, 6.07) is 0. The molecule has 0 bridgehead atoms. The quantitative estimate of drug-likeness (QED) is 0.458. The minimum absolute atomic E-state index is 0.0364. The second-order valence-electron chi connectivity index (χ2n) is 7.36. The van der Waals surface area contributed by atoms with E-state index in [9.17, 15) is 9.90 Å². The number of Topliss-reactive ketones (excluding diaryl/α,β-unsaturated/α-hetero) is 1. The molecule has 0 spiro atoms. The maximum Gasteiger partial charge on any atom is 0.135 e. The highest BCUT2D eigenvalue weighted by atomic mass is 16.5. The van der Waals surface area contributed by atoms with Crippen molar-refractivity contribution in [2.75, 3.05) is 46.2 Å². The summed E-state index contributed by atoms with van der Waals surface area (Å²) >= 11 is 0. The van der Waals surface area contributed by atoms with Gasteiger partial charge in [0, 0.05) is 12.8 Å². The van der Waals surface area contributed by atoms with Crippen molar-refractivity contribution in [1.29, 1.82) is 0 Å². The number of carbonyl (C=O) groups excluding carboxylic acids is 1. The van der Waals surface area contributed by atoms with Crippen LogP contribution in [0.4, 0.5) is 0 Å². The van der Waals surface area contributed by atoms with Crippen LogP contribution in [0.5, 0.6) is 0 Å². The molecule has 0 aromatic carbocycles. The molecule has 0 heterocycles. The zero-order chi connectivity index (χ0) is 18.4. The number of ether oxygens (including phenoxy) is 4. The van der Waals surface area contributed by atoms with Crippen LogP contribution in [0.2, 0.25) is 0 Å². The van der Waals surface area contributed by atoms with Crippen LogP contribution in [0.1, 0.15) is 47.5 Å². The Morgan fingerprint density at radius 2 is 1.46 bits per heavy atom. The van der Waals surface area contributed by atoms with Gasteiger partial charge < -0.3 is 24.1 Å². The van der Waals surface area contributed by atoms with E-state index in [2.05, 4.69) is 20.8 Å². The molecule has 0 aromatic rings. The van der Waals surface area contributed by atoms with Crippen molar-refractivity contribution < 1.29 is 28.8 Å². The van der Waals surface area contributed by atoms with Gasteiger partial charge in [-0.3, -0.25) is 4.79 Å². The number of carbonyl (C=O) groups is 1. The number of aliphatic hydroxyl groups is 1. The SMILES string of the molecule is CC(C)OCC(O)COCCOCCOCCC(=O)CC(C)(C)C. The predicted molar refractivity (Wildman–Crippen MR) is 93.2 cm³/mol. The predicted octanol–water partition coefficient (Wildman–Crippen LogP) is 2.22. The Labute approximate surface area is 146 Å². The topological polar surface area (TPSA) is 74.2 Å². The maximum atomic E-state index is 11.6. The van der Waals surface area contributed by atoms with Crippen molar-refractivity contribution in [3.63, 3.8) is 0 Å². The fourth-order valence-electron chi connectivity index (χ4n) is 1.88. The number of hydrogen-bond donors (Lipinski definition) is 1. The number of rotatable bonds is 15. The van der Waals surface area contributed by atoms with Crippen molar-refractivity contribution >= 4 is 5.78 Å². The molecule has 0 saturated carbocycles. The Bertz CT molecular complexity index is 311. The second-order valence-corrected chi connectivity index (χ2v) is 7.36. The summed E-state index contributed by atoms with van der Waals surface area (Å²) in [5.74, 6) is 0.233. The molecule has 0 aliphatic heterocycles. The minimum atomic E-state index is -0.610. The lowest BCUT2D eigenvalue weighted by Gasteiger charge is -2.16. The first-order valence-corrected chi connectivity index (χ1v) is 8.75. The first-order chi connectivity index (χ1) is 11.2. The molecule has 24 heavy (non-hydrogen) atoms. The van der Waals surface area contributed by atoms with Gasteiger partial charge in [-0.1, -0.05) is 20.8 Å². The van der Waals surface area contributed by atoms with E-state index in [0.717, 1.165) is 0 Å². The monoisotopic (exact) mass is 348 g/mol. The third-order valence-electron chi connectivity index (χ3n) is 2.93. The molecule has 0 aliphatic carbocycles. The summed E-state index contributed by atoms with van der Waals surface area (Å²) < 4.78 is 21.3. The van der Waals surface area contributed by atoms with Gasteiger partial charge in [0.25, 0.3) is 0 Å². The lowest BCUT2D eigenvalue weighted by atomic mass is 9.89. The molecule has 0 radical (unpaired) electrons. The van der Waals surface area contributed by atoms with Gasteiger partial charge in [-0.15, -0.1) is 0 Å². The Hall–Kier alpha value is -0.530. The molecule has 1 N–H and O–H groups in total. The van der Waals surface area contributed by atoms with Gasteiger partial charge in [0.1, 0.15) is 11.9 Å². The van der Waals surface area contributed by atoms with Gasteiger partial charge >= 0.3 is 0 Å². The zero-order valence-corrected chi connectivity index (χ0v) is 16.0. The molecule has 0 saturated heterocycles. The van der Waals surface area contributed by atoms with E-state index in [1.165, 1.54) is 0 Å². The lowest BCUT2D eigenvalue weighted by Crippen LogP contribution is -2.24. The van der Waals surface area contributed by atoms with Crippen molar-refractivity contribution in [3.8, 4) is 0 Å². The first kappa shape index (κ1) is 23.5. The van der Waals surface area contributed by atoms with Gasteiger partial charge in [-0.05, 0) is 19.3 Å². The Morgan fingerprint density at radius 3 is 2.00 bits per heavy atom. The zero-order valence-electron chi connectivity index (χ0n) is 16.0. The van der Waals surface area contributed by atoms with E-state index in [-0.39, 0.29) is 30.5 Å². The molecule has 6 heteroatoms. The van der Waals surface area contributed by atoms with Crippen molar-refractivity contribution in [2.24, 2.45) is 5.41 Å². The maximum absolute atomic E-state index is 11.6. The first-order valence-electron chi connectivity index (χ1n) is 8.75. The molecule has 6 nitrogen and oxygen atoms in total. The van der Waals surface area contributed by atoms with Gasteiger partial charge in [0.15, 0.2) is 0 Å². The molecular formula is C18H36O6. The highest BCUT2D eigenvalue weighted by molar-refractivity contribution is 5.79. The Morgan fingerprint density at radius 1 is 0.917 bits per heavy atom. The van der Waals surface area contributed by atoms with Crippen LogP contribution < -0.4 is 0 Å². The molecule has 0 aromatic heterocycles.